The van der Waals surface area contributed by atoms with Gasteiger partial charge in [-0.15, -0.1) is 11.3 Å². The second-order valence-electron chi connectivity index (χ2n) is 6.03. The average molecular weight is 414 g/mol. The van der Waals surface area contributed by atoms with Gasteiger partial charge in [-0.3, -0.25) is 0 Å². The number of carbonyl (C=O) groups excluding carboxylic acids is 1. The summed E-state index contributed by atoms with van der Waals surface area (Å²) in [5.74, 6) is 0. The van der Waals surface area contributed by atoms with Crippen LogP contribution >= 0.6 is 22.9 Å². The van der Waals surface area contributed by atoms with Crippen LogP contribution in [0.1, 0.15) is 10.4 Å². The first-order chi connectivity index (χ1) is 12.4. The fourth-order valence-electron chi connectivity index (χ4n) is 2.74. The lowest BCUT2D eigenvalue weighted by molar-refractivity contribution is 0.172. The number of thiophene rings is 1. The minimum atomic E-state index is -3.56. The Labute approximate surface area is 162 Å². The van der Waals surface area contributed by atoms with Crippen LogP contribution < -0.4 is 5.32 Å². The smallest absolute Gasteiger partial charge is 0.317 e. The molecule has 1 aromatic carbocycles. The van der Waals surface area contributed by atoms with Crippen LogP contribution in [0.15, 0.2) is 40.6 Å². The Morgan fingerprint density at radius 1 is 1.15 bits per heavy atom. The van der Waals surface area contributed by atoms with E-state index in [4.69, 9.17) is 11.6 Å². The molecule has 0 saturated carbocycles. The Bertz CT molecular complexity index is 873. The Morgan fingerprint density at radius 3 is 2.38 bits per heavy atom. The molecule has 26 heavy (non-hydrogen) atoms. The van der Waals surface area contributed by atoms with Crippen LogP contribution in [0.4, 0.5) is 4.79 Å². The second kappa shape index (κ2) is 7.96. The molecule has 0 bridgehead atoms. The third-order valence-electron chi connectivity index (χ3n) is 4.35. The lowest BCUT2D eigenvalue weighted by Gasteiger charge is -2.34. The monoisotopic (exact) mass is 413 g/mol. The molecule has 0 unspecified atom stereocenters. The number of amides is 2. The molecule has 140 valence electrons. The van der Waals surface area contributed by atoms with Crippen molar-refractivity contribution in [1.82, 2.24) is 14.5 Å². The summed E-state index contributed by atoms with van der Waals surface area (Å²) in [6.45, 7) is 3.78. The highest BCUT2D eigenvalue weighted by atomic mass is 35.5. The molecule has 0 spiro atoms. The largest absolute Gasteiger partial charge is 0.333 e. The van der Waals surface area contributed by atoms with Crippen LogP contribution in [0, 0.1) is 6.92 Å². The van der Waals surface area contributed by atoms with Gasteiger partial charge in [-0.05, 0) is 48.2 Å². The number of nitrogens with one attached hydrogen (secondary N) is 1. The predicted octanol–water partition coefficient (Wildman–Crippen LogP) is 2.93. The molecule has 1 fully saturated rings. The molecule has 0 aliphatic carbocycles. The van der Waals surface area contributed by atoms with Crippen LogP contribution in [-0.4, -0.2) is 49.8 Å². The molecular weight excluding hydrogens is 394 g/mol. The van der Waals surface area contributed by atoms with Crippen molar-refractivity contribution in [2.45, 2.75) is 18.4 Å². The minimum absolute atomic E-state index is 0.165. The number of hydrogen-bond acceptors (Lipinski definition) is 4. The summed E-state index contributed by atoms with van der Waals surface area (Å²) in [6.07, 6.45) is 0. The SMILES string of the molecule is Cc1ccsc1CNC(=O)N1CCN(S(=O)(=O)c2ccc(Cl)cc2)CC1. The summed E-state index contributed by atoms with van der Waals surface area (Å²) < 4.78 is 26.7. The van der Waals surface area contributed by atoms with Crippen molar-refractivity contribution in [1.29, 1.82) is 0 Å². The molecule has 9 heteroatoms. The first-order valence-corrected chi connectivity index (χ1v) is 10.9. The van der Waals surface area contributed by atoms with Gasteiger partial charge in [0.15, 0.2) is 0 Å². The quantitative estimate of drug-likeness (QED) is 0.837. The Morgan fingerprint density at radius 2 is 1.81 bits per heavy atom. The fraction of sp³-hybridized carbons (Fsp3) is 0.353. The van der Waals surface area contributed by atoms with Crippen LogP contribution in [0.3, 0.4) is 0 Å². The van der Waals surface area contributed by atoms with Gasteiger partial charge >= 0.3 is 6.03 Å². The van der Waals surface area contributed by atoms with Gasteiger partial charge in [-0.2, -0.15) is 4.31 Å². The van der Waals surface area contributed by atoms with Crippen molar-refractivity contribution in [2.75, 3.05) is 26.2 Å². The minimum Gasteiger partial charge on any atom is -0.333 e. The van der Waals surface area contributed by atoms with Crippen LogP contribution in [-0.2, 0) is 16.6 Å². The lowest BCUT2D eigenvalue weighted by atomic mass is 10.3. The molecule has 1 aliphatic heterocycles. The number of halogens is 1. The van der Waals surface area contributed by atoms with E-state index in [0.717, 1.165) is 10.4 Å². The number of hydrogen-bond donors (Lipinski definition) is 1. The van der Waals surface area contributed by atoms with E-state index >= 15 is 0 Å². The Kier molecular flexibility index (Phi) is 5.86. The summed E-state index contributed by atoms with van der Waals surface area (Å²) in [6, 6.07) is 7.98. The first kappa shape index (κ1) is 19.2. The highest BCUT2D eigenvalue weighted by Gasteiger charge is 2.30. The number of sulfonamides is 1. The maximum Gasteiger partial charge on any atom is 0.317 e. The van der Waals surface area contributed by atoms with Crippen molar-refractivity contribution < 1.29 is 13.2 Å². The molecule has 1 N–H and O–H groups in total. The van der Waals surface area contributed by atoms with Gasteiger partial charge in [-0.25, -0.2) is 13.2 Å². The fourth-order valence-corrected chi connectivity index (χ4v) is 5.13. The molecule has 1 aliphatic rings. The number of urea groups is 1. The highest BCUT2D eigenvalue weighted by molar-refractivity contribution is 7.89. The summed E-state index contributed by atoms with van der Waals surface area (Å²) in [5, 5.41) is 5.39. The molecule has 2 amide bonds. The number of carbonyl (C=O) groups is 1. The van der Waals surface area contributed by atoms with Gasteiger partial charge < -0.3 is 10.2 Å². The van der Waals surface area contributed by atoms with E-state index in [-0.39, 0.29) is 24.0 Å². The topological polar surface area (TPSA) is 69.7 Å². The second-order valence-corrected chi connectivity index (χ2v) is 9.41. The van der Waals surface area contributed by atoms with E-state index in [1.54, 1.807) is 28.4 Å². The lowest BCUT2D eigenvalue weighted by Crippen LogP contribution is -2.52. The zero-order valence-corrected chi connectivity index (χ0v) is 16.7. The predicted molar refractivity (Wildman–Crippen MR) is 103 cm³/mol. The van der Waals surface area contributed by atoms with Gasteiger partial charge in [0.2, 0.25) is 10.0 Å². The van der Waals surface area contributed by atoms with E-state index in [0.29, 0.717) is 24.7 Å². The number of piperazine rings is 1. The molecule has 1 saturated heterocycles. The first-order valence-electron chi connectivity index (χ1n) is 8.19. The highest BCUT2D eigenvalue weighted by Crippen LogP contribution is 2.20. The maximum atomic E-state index is 12.7. The molecule has 3 rings (SSSR count). The Balaban J connectivity index is 1.55. The molecule has 2 aromatic rings. The third-order valence-corrected chi connectivity index (χ3v) is 7.53. The Hall–Kier alpha value is -1.61. The van der Waals surface area contributed by atoms with Crippen molar-refractivity contribution in [3.63, 3.8) is 0 Å². The standard InChI is InChI=1S/C17H20ClN3O3S2/c1-13-6-11-25-16(13)12-19-17(22)20-7-9-21(10-8-20)26(23,24)15-4-2-14(18)3-5-15/h2-6,11H,7-10,12H2,1H3,(H,19,22). The molecule has 6 nitrogen and oxygen atoms in total. The summed E-state index contributed by atoms with van der Waals surface area (Å²) in [4.78, 5) is 15.3. The molecule has 0 atom stereocenters. The normalized spacial score (nSPS) is 15.8. The van der Waals surface area contributed by atoms with Gasteiger partial charge in [0.05, 0.1) is 11.4 Å². The third kappa shape index (κ3) is 4.20. The van der Waals surface area contributed by atoms with Crippen LogP contribution in [0.25, 0.3) is 0 Å². The van der Waals surface area contributed by atoms with Gasteiger partial charge in [0, 0.05) is 36.1 Å². The molecule has 2 heterocycles. The van der Waals surface area contributed by atoms with Crippen molar-refractivity contribution in [3.8, 4) is 0 Å². The van der Waals surface area contributed by atoms with Gasteiger partial charge in [0.1, 0.15) is 0 Å². The molecular formula is C17H20ClN3O3S2. The van der Waals surface area contributed by atoms with Gasteiger partial charge in [0.25, 0.3) is 0 Å². The van der Waals surface area contributed by atoms with E-state index in [9.17, 15) is 13.2 Å². The van der Waals surface area contributed by atoms with E-state index in [1.807, 2.05) is 18.4 Å². The van der Waals surface area contributed by atoms with Gasteiger partial charge in [-0.1, -0.05) is 11.6 Å². The number of aryl methyl sites for hydroxylation is 1. The maximum absolute atomic E-state index is 12.7. The van der Waals surface area contributed by atoms with Crippen molar-refractivity contribution in [2.24, 2.45) is 0 Å². The summed E-state index contributed by atoms with van der Waals surface area (Å²) in [7, 11) is -3.56. The van der Waals surface area contributed by atoms with E-state index < -0.39 is 10.0 Å². The molecule has 0 radical (unpaired) electrons. The molecule has 1 aromatic heterocycles. The number of nitrogens with zero attached hydrogens (tertiary/aromatic N) is 2. The average Bonchev–Trinajstić information content (AvgIpc) is 3.05. The van der Waals surface area contributed by atoms with Crippen LogP contribution in [0.5, 0.6) is 0 Å². The number of benzene rings is 1. The summed E-state index contributed by atoms with van der Waals surface area (Å²) in [5.41, 5.74) is 1.16. The zero-order chi connectivity index (χ0) is 18.7. The van der Waals surface area contributed by atoms with Crippen molar-refractivity contribution in [3.05, 3.63) is 51.2 Å². The van der Waals surface area contributed by atoms with Crippen LogP contribution in [0.2, 0.25) is 5.02 Å². The van der Waals surface area contributed by atoms with E-state index in [2.05, 4.69) is 5.32 Å². The number of rotatable bonds is 4. The summed E-state index contributed by atoms with van der Waals surface area (Å²) >= 11 is 7.43. The van der Waals surface area contributed by atoms with Crippen molar-refractivity contribution >= 4 is 39.0 Å². The van der Waals surface area contributed by atoms with E-state index in [1.165, 1.54) is 16.4 Å². The zero-order valence-electron chi connectivity index (χ0n) is 14.3.